The zero-order valence-electron chi connectivity index (χ0n) is 21.8. The number of hydrogen-bond donors (Lipinski definition) is 2. The highest BCUT2D eigenvalue weighted by Gasteiger charge is 2.28. The Morgan fingerprint density at radius 1 is 1.05 bits per heavy atom. The second-order valence-electron chi connectivity index (χ2n) is 9.37. The van der Waals surface area contributed by atoms with Gasteiger partial charge in [-0.3, -0.25) is 14.9 Å². The number of aryl methyl sites for hydroxylation is 2. The van der Waals surface area contributed by atoms with Crippen LogP contribution in [-0.4, -0.2) is 41.1 Å². The standard InChI is InChI=1S/C25H31N5O6S/c1-14(2)26-24(31)23-18(7)25(29(27-23)20-12-16(5)8-9-17(20)6)36-21-11-10-19(30(32)33)13-22(21)37(34,35)28-15(3)4/h8-15,28H,1-7H3,(H,26,31). The predicted octanol–water partition coefficient (Wildman–Crippen LogP) is 4.32. The molecule has 3 rings (SSSR count). The number of carbonyl (C=O) groups excluding carboxylic acids is 1. The quantitative estimate of drug-likeness (QED) is 0.310. The van der Waals surface area contributed by atoms with E-state index in [0.29, 0.717) is 11.3 Å². The van der Waals surface area contributed by atoms with Crippen molar-refractivity contribution in [2.75, 3.05) is 0 Å². The molecule has 1 amide bonds. The number of non-ortho nitro benzene ring substituents is 1. The van der Waals surface area contributed by atoms with Gasteiger partial charge >= 0.3 is 0 Å². The summed E-state index contributed by atoms with van der Waals surface area (Å²) >= 11 is 0. The van der Waals surface area contributed by atoms with E-state index in [1.54, 1.807) is 20.8 Å². The van der Waals surface area contributed by atoms with E-state index in [2.05, 4.69) is 15.1 Å². The molecule has 0 unspecified atom stereocenters. The molecule has 0 radical (unpaired) electrons. The predicted molar refractivity (Wildman–Crippen MR) is 139 cm³/mol. The van der Waals surface area contributed by atoms with Crippen molar-refractivity contribution in [3.63, 3.8) is 0 Å². The number of aromatic nitrogens is 2. The molecule has 198 valence electrons. The van der Waals surface area contributed by atoms with Gasteiger partial charge < -0.3 is 10.1 Å². The van der Waals surface area contributed by atoms with E-state index >= 15 is 0 Å². The Kier molecular flexibility index (Phi) is 8.03. The number of nitro benzene ring substituents is 1. The van der Waals surface area contributed by atoms with Crippen molar-refractivity contribution in [1.82, 2.24) is 19.8 Å². The number of nitro groups is 1. The molecule has 2 N–H and O–H groups in total. The van der Waals surface area contributed by atoms with Crippen molar-refractivity contribution >= 4 is 21.6 Å². The molecule has 3 aromatic rings. The van der Waals surface area contributed by atoms with Crippen LogP contribution in [0.2, 0.25) is 0 Å². The molecular weight excluding hydrogens is 498 g/mol. The summed E-state index contributed by atoms with van der Waals surface area (Å²) in [6.45, 7) is 12.3. The van der Waals surface area contributed by atoms with Crippen molar-refractivity contribution in [2.45, 2.75) is 65.4 Å². The fourth-order valence-electron chi connectivity index (χ4n) is 3.64. The summed E-state index contributed by atoms with van der Waals surface area (Å²) < 4.78 is 36.2. The molecule has 0 fully saturated rings. The smallest absolute Gasteiger partial charge is 0.272 e. The highest BCUT2D eigenvalue weighted by molar-refractivity contribution is 7.89. The van der Waals surface area contributed by atoms with Gasteiger partial charge in [0.25, 0.3) is 11.6 Å². The molecule has 0 bridgehead atoms. The Labute approximate surface area is 216 Å². The summed E-state index contributed by atoms with van der Waals surface area (Å²) in [7, 11) is -4.19. The number of nitrogens with zero attached hydrogens (tertiary/aromatic N) is 3. The largest absolute Gasteiger partial charge is 0.437 e. The van der Waals surface area contributed by atoms with E-state index < -0.39 is 37.5 Å². The van der Waals surface area contributed by atoms with Crippen LogP contribution in [0.3, 0.4) is 0 Å². The number of ether oxygens (including phenoxy) is 1. The van der Waals surface area contributed by atoms with Gasteiger partial charge in [-0.2, -0.15) is 9.78 Å². The first-order chi connectivity index (χ1) is 17.2. The second kappa shape index (κ2) is 10.7. The summed E-state index contributed by atoms with van der Waals surface area (Å²) in [5, 5.41) is 18.7. The zero-order valence-corrected chi connectivity index (χ0v) is 22.6. The van der Waals surface area contributed by atoms with E-state index in [0.717, 1.165) is 23.3 Å². The normalized spacial score (nSPS) is 11.7. The molecule has 11 nitrogen and oxygen atoms in total. The molecule has 37 heavy (non-hydrogen) atoms. The number of hydrogen-bond acceptors (Lipinski definition) is 7. The van der Waals surface area contributed by atoms with Gasteiger partial charge in [0.15, 0.2) is 5.69 Å². The first-order valence-electron chi connectivity index (χ1n) is 11.7. The molecule has 0 saturated heterocycles. The minimum Gasteiger partial charge on any atom is -0.437 e. The summed E-state index contributed by atoms with van der Waals surface area (Å²) in [6.07, 6.45) is 0. The van der Waals surface area contributed by atoms with Crippen LogP contribution < -0.4 is 14.8 Å². The van der Waals surface area contributed by atoms with Gasteiger partial charge in [-0.15, -0.1) is 0 Å². The molecule has 0 spiro atoms. The monoisotopic (exact) mass is 529 g/mol. The van der Waals surface area contributed by atoms with Crippen molar-refractivity contribution in [3.05, 3.63) is 68.9 Å². The van der Waals surface area contributed by atoms with E-state index in [4.69, 9.17) is 4.74 Å². The van der Waals surface area contributed by atoms with Crippen LogP contribution in [0.5, 0.6) is 11.6 Å². The molecule has 12 heteroatoms. The maximum atomic E-state index is 13.1. The Hall–Kier alpha value is -3.77. The lowest BCUT2D eigenvalue weighted by molar-refractivity contribution is -0.385. The third-order valence-electron chi connectivity index (χ3n) is 5.32. The number of rotatable bonds is 9. The number of sulfonamides is 1. The van der Waals surface area contributed by atoms with Crippen molar-refractivity contribution in [3.8, 4) is 17.3 Å². The van der Waals surface area contributed by atoms with Crippen LogP contribution >= 0.6 is 0 Å². The first-order valence-corrected chi connectivity index (χ1v) is 13.2. The highest BCUT2D eigenvalue weighted by atomic mass is 32.2. The van der Waals surface area contributed by atoms with Crippen molar-refractivity contribution in [2.24, 2.45) is 0 Å². The van der Waals surface area contributed by atoms with Crippen LogP contribution in [0.1, 0.15) is 54.9 Å². The number of amides is 1. The topological polar surface area (TPSA) is 145 Å². The molecule has 0 aliphatic rings. The Bertz CT molecular complexity index is 1460. The van der Waals surface area contributed by atoms with E-state index in [-0.39, 0.29) is 23.4 Å². The second-order valence-corrected chi connectivity index (χ2v) is 11.1. The Morgan fingerprint density at radius 3 is 2.32 bits per heavy atom. The van der Waals surface area contributed by atoms with Crippen LogP contribution in [0.4, 0.5) is 5.69 Å². The fourth-order valence-corrected chi connectivity index (χ4v) is 5.04. The van der Waals surface area contributed by atoms with Crippen LogP contribution in [-0.2, 0) is 10.0 Å². The van der Waals surface area contributed by atoms with Crippen molar-refractivity contribution in [1.29, 1.82) is 0 Å². The third kappa shape index (κ3) is 6.15. The maximum Gasteiger partial charge on any atom is 0.272 e. The van der Waals surface area contributed by atoms with Gasteiger partial charge in [-0.05, 0) is 71.7 Å². The Morgan fingerprint density at radius 2 is 1.73 bits per heavy atom. The van der Waals surface area contributed by atoms with Crippen LogP contribution in [0.25, 0.3) is 5.69 Å². The molecule has 1 heterocycles. The van der Waals surface area contributed by atoms with E-state index in [1.165, 1.54) is 10.7 Å². The van der Waals surface area contributed by atoms with Gasteiger partial charge in [0, 0.05) is 29.8 Å². The lowest BCUT2D eigenvalue weighted by Crippen LogP contribution is -2.31. The minimum atomic E-state index is -4.19. The number of benzene rings is 2. The average molecular weight is 530 g/mol. The summed E-state index contributed by atoms with van der Waals surface area (Å²) in [6, 6.07) is 8.41. The summed E-state index contributed by atoms with van der Waals surface area (Å²) in [4.78, 5) is 23.2. The molecular formula is C25H31N5O6S. The zero-order chi connectivity index (χ0) is 27.7. The third-order valence-corrected chi connectivity index (χ3v) is 7.00. The van der Waals surface area contributed by atoms with Gasteiger partial charge in [-0.25, -0.2) is 13.1 Å². The SMILES string of the molecule is Cc1ccc(C)c(-n2nc(C(=O)NC(C)C)c(C)c2Oc2ccc([N+](=O)[O-])cc2S(=O)(=O)NC(C)C)c1. The van der Waals surface area contributed by atoms with E-state index in [9.17, 15) is 23.3 Å². The summed E-state index contributed by atoms with van der Waals surface area (Å²) in [5.74, 6) is -0.457. The number of carbonyl (C=O) groups is 1. The Balaban J connectivity index is 2.27. The minimum absolute atomic E-state index is 0.108. The molecule has 0 aliphatic carbocycles. The molecule has 2 aromatic carbocycles. The highest BCUT2D eigenvalue weighted by Crippen LogP contribution is 2.36. The van der Waals surface area contributed by atoms with Crippen LogP contribution in [0, 0.1) is 30.9 Å². The summed E-state index contributed by atoms with van der Waals surface area (Å²) in [5.41, 5.74) is 2.48. The molecule has 0 aliphatic heterocycles. The van der Waals surface area contributed by atoms with Crippen molar-refractivity contribution < 1.29 is 22.9 Å². The fraction of sp³-hybridized carbons (Fsp3) is 0.360. The average Bonchev–Trinajstić information content (AvgIpc) is 3.10. The maximum absolute atomic E-state index is 13.1. The van der Waals surface area contributed by atoms with Gasteiger partial charge in [0.05, 0.1) is 10.6 Å². The number of nitrogens with one attached hydrogen (secondary N) is 2. The molecule has 0 atom stereocenters. The van der Waals surface area contributed by atoms with Gasteiger partial charge in [0.2, 0.25) is 15.9 Å². The molecule has 1 aromatic heterocycles. The van der Waals surface area contributed by atoms with Gasteiger partial charge in [-0.1, -0.05) is 12.1 Å². The lowest BCUT2D eigenvalue weighted by atomic mass is 10.1. The molecule has 0 saturated carbocycles. The van der Waals surface area contributed by atoms with Crippen LogP contribution in [0.15, 0.2) is 41.3 Å². The first kappa shape index (κ1) is 27.8. The van der Waals surface area contributed by atoms with Gasteiger partial charge in [0.1, 0.15) is 10.6 Å². The van der Waals surface area contributed by atoms with E-state index in [1.807, 2.05) is 45.9 Å². The lowest BCUT2D eigenvalue weighted by Gasteiger charge is -2.16.